The Labute approximate surface area is 192 Å². The van der Waals surface area contributed by atoms with Gasteiger partial charge in [-0.05, 0) is 49.1 Å². The van der Waals surface area contributed by atoms with Crippen LogP contribution in [0, 0.1) is 5.41 Å². The third kappa shape index (κ3) is 7.40. The molecule has 0 saturated heterocycles. The van der Waals surface area contributed by atoms with Gasteiger partial charge in [-0.3, -0.25) is 9.59 Å². The smallest absolute Gasteiger partial charge is 0.323 e. The quantitative estimate of drug-likeness (QED) is 0.183. The number of para-hydroxylation sites is 1. The van der Waals surface area contributed by atoms with E-state index >= 15 is 0 Å². The summed E-state index contributed by atoms with van der Waals surface area (Å²) in [4.78, 5) is 25.7. The van der Waals surface area contributed by atoms with E-state index < -0.39 is 17.4 Å². The molecule has 0 heterocycles. The molecule has 2 rings (SSSR count). The number of benzene rings is 2. The number of ether oxygens (including phenoxy) is 3. The number of carbonyl (C=O) groups excluding carboxylic acids is 2. The van der Waals surface area contributed by atoms with Crippen molar-refractivity contribution in [2.24, 2.45) is 5.41 Å². The van der Waals surface area contributed by atoms with Crippen LogP contribution in [0.1, 0.15) is 71.3 Å². The van der Waals surface area contributed by atoms with Crippen molar-refractivity contribution in [3.8, 4) is 11.5 Å². The summed E-state index contributed by atoms with van der Waals surface area (Å²) >= 11 is 0. The van der Waals surface area contributed by atoms with Crippen LogP contribution in [0.2, 0.25) is 0 Å². The van der Waals surface area contributed by atoms with Gasteiger partial charge in [0.2, 0.25) is 0 Å². The van der Waals surface area contributed by atoms with Gasteiger partial charge >= 0.3 is 11.9 Å². The second kappa shape index (κ2) is 13.6. The summed E-state index contributed by atoms with van der Waals surface area (Å²) in [5.74, 6) is 0.372. The lowest BCUT2D eigenvalue weighted by Gasteiger charge is -2.27. The van der Waals surface area contributed by atoms with Gasteiger partial charge < -0.3 is 14.2 Å². The van der Waals surface area contributed by atoms with Gasteiger partial charge in [0.1, 0.15) is 18.1 Å². The lowest BCUT2D eigenvalue weighted by Crippen LogP contribution is -2.41. The van der Waals surface area contributed by atoms with Gasteiger partial charge in [-0.15, -0.1) is 0 Å². The van der Waals surface area contributed by atoms with Gasteiger partial charge in [0.15, 0.2) is 5.41 Å². The van der Waals surface area contributed by atoms with Crippen LogP contribution in [0.25, 0.3) is 0 Å². The molecule has 0 unspecified atom stereocenters. The van der Waals surface area contributed by atoms with Crippen molar-refractivity contribution < 1.29 is 23.8 Å². The highest BCUT2D eigenvalue weighted by atomic mass is 16.6. The summed E-state index contributed by atoms with van der Waals surface area (Å²) < 4.78 is 16.9. The molecule has 0 radical (unpaired) electrons. The zero-order valence-corrected chi connectivity index (χ0v) is 19.6. The molecule has 2 aromatic rings. The second-order valence-corrected chi connectivity index (χ2v) is 7.98. The van der Waals surface area contributed by atoms with E-state index in [0.29, 0.717) is 25.2 Å². The molecule has 0 aliphatic carbocycles. The standard InChI is InChI=1S/C27H36O5/c1-4-7-8-9-13-19-30-25(28)27(5-2,6-3)26(29)31-21-22-15-14-18-24(20-22)32-23-16-11-10-12-17-23/h10-12,14-18,20H,4-9,13,19,21H2,1-3H3. The fraction of sp³-hybridized carbons (Fsp3) is 0.481. The van der Waals surface area contributed by atoms with Gasteiger partial charge in [0, 0.05) is 0 Å². The Bertz CT molecular complexity index is 827. The summed E-state index contributed by atoms with van der Waals surface area (Å²) in [5.41, 5.74) is -0.473. The lowest BCUT2D eigenvalue weighted by atomic mass is 9.82. The largest absolute Gasteiger partial charge is 0.465 e. The molecule has 0 bridgehead atoms. The molecular weight excluding hydrogens is 404 g/mol. The Morgan fingerprint density at radius 3 is 2.09 bits per heavy atom. The molecule has 174 valence electrons. The molecule has 0 aromatic heterocycles. The summed E-state index contributed by atoms with van der Waals surface area (Å²) in [6.45, 7) is 6.21. The Kier molecular flexibility index (Phi) is 10.8. The topological polar surface area (TPSA) is 61.8 Å². The minimum Gasteiger partial charge on any atom is -0.465 e. The molecule has 0 fully saturated rings. The van der Waals surface area contributed by atoms with Crippen LogP contribution in [0.4, 0.5) is 0 Å². The van der Waals surface area contributed by atoms with Gasteiger partial charge in [0.05, 0.1) is 6.61 Å². The van der Waals surface area contributed by atoms with Crippen molar-refractivity contribution in [1.29, 1.82) is 0 Å². The number of hydrogen-bond acceptors (Lipinski definition) is 5. The Balaban J connectivity index is 1.93. The molecule has 0 aliphatic heterocycles. The van der Waals surface area contributed by atoms with Crippen LogP contribution in [-0.4, -0.2) is 18.5 Å². The van der Waals surface area contributed by atoms with E-state index in [9.17, 15) is 9.59 Å². The van der Waals surface area contributed by atoms with Crippen molar-refractivity contribution in [2.75, 3.05) is 6.61 Å². The highest BCUT2D eigenvalue weighted by molar-refractivity contribution is 6.00. The van der Waals surface area contributed by atoms with E-state index in [1.54, 1.807) is 0 Å². The molecule has 0 saturated carbocycles. The van der Waals surface area contributed by atoms with Gasteiger partial charge in [-0.25, -0.2) is 0 Å². The van der Waals surface area contributed by atoms with E-state index in [0.717, 1.165) is 30.6 Å². The maximum Gasteiger partial charge on any atom is 0.323 e. The maximum atomic E-state index is 12.9. The second-order valence-electron chi connectivity index (χ2n) is 7.98. The molecule has 0 atom stereocenters. The normalized spacial score (nSPS) is 11.1. The number of unbranched alkanes of at least 4 members (excludes halogenated alkanes) is 4. The van der Waals surface area contributed by atoms with Crippen LogP contribution >= 0.6 is 0 Å². The first kappa shape index (κ1) is 25.4. The average molecular weight is 441 g/mol. The molecule has 0 amide bonds. The third-order valence-corrected chi connectivity index (χ3v) is 5.72. The minimum absolute atomic E-state index is 0.0663. The van der Waals surface area contributed by atoms with Crippen molar-refractivity contribution in [2.45, 2.75) is 72.3 Å². The first-order chi connectivity index (χ1) is 15.6. The van der Waals surface area contributed by atoms with Crippen LogP contribution in [0.3, 0.4) is 0 Å². The average Bonchev–Trinajstić information content (AvgIpc) is 2.82. The molecule has 0 N–H and O–H groups in total. The van der Waals surface area contributed by atoms with Crippen LogP contribution in [-0.2, 0) is 25.7 Å². The Hall–Kier alpha value is -2.82. The molecule has 0 aliphatic rings. The molecule has 0 spiro atoms. The van der Waals surface area contributed by atoms with Crippen molar-refractivity contribution in [3.05, 3.63) is 60.2 Å². The zero-order valence-electron chi connectivity index (χ0n) is 19.6. The molecule has 5 heteroatoms. The van der Waals surface area contributed by atoms with Gasteiger partial charge in [-0.2, -0.15) is 0 Å². The van der Waals surface area contributed by atoms with Gasteiger partial charge in [0.25, 0.3) is 0 Å². The van der Waals surface area contributed by atoms with E-state index in [2.05, 4.69) is 6.92 Å². The predicted octanol–water partition coefficient (Wildman–Crippen LogP) is 6.84. The summed E-state index contributed by atoms with van der Waals surface area (Å²) in [5, 5.41) is 0. The Morgan fingerprint density at radius 2 is 1.41 bits per heavy atom. The molecule has 2 aromatic carbocycles. The van der Waals surface area contributed by atoms with Crippen LogP contribution in [0.15, 0.2) is 54.6 Å². The first-order valence-electron chi connectivity index (χ1n) is 11.7. The monoisotopic (exact) mass is 440 g/mol. The summed E-state index contributed by atoms with van der Waals surface area (Å²) in [6, 6.07) is 16.9. The highest BCUT2D eigenvalue weighted by Gasteiger charge is 2.45. The maximum absolute atomic E-state index is 12.9. The van der Waals surface area contributed by atoms with Crippen molar-refractivity contribution in [1.82, 2.24) is 0 Å². The first-order valence-corrected chi connectivity index (χ1v) is 11.7. The summed E-state index contributed by atoms with van der Waals surface area (Å²) in [6.07, 6.45) is 6.02. The summed E-state index contributed by atoms with van der Waals surface area (Å²) in [7, 11) is 0. The van der Waals surface area contributed by atoms with E-state index in [-0.39, 0.29) is 6.61 Å². The van der Waals surface area contributed by atoms with Crippen LogP contribution < -0.4 is 4.74 Å². The van der Waals surface area contributed by atoms with Crippen LogP contribution in [0.5, 0.6) is 11.5 Å². The van der Waals surface area contributed by atoms with Gasteiger partial charge in [-0.1, -0.05) is 76.8 Å². The van der Waals surface area contributed by atoms with E-state index in [1.165, 1.54) is 12.8 Å². The molecule has 5 nitrogen and oxygen atoms in total. The molecule has 32 heavy (non-hydrogen) atoms. The van der Waals surface area contributed by atoms with E-state index in [4.69, 9.17) is 14.2 Å². The highest BCUT2D eigenvalue weighted by Crippen LogP contribution is 2.31. The number of hydrogen-bond donors (Lipinski definition) is 0. The van der Waals surface area contributed by atoms with Crippen molar-refractivity contribution >= 4 is 11.9 Å². The fourth-order valence-corrected chi connectivity index (χ4v) is 3.53. The van der Waals surface area contributed by atoms with Crippen molar-refractivity contribution in [3.63, 3.8) is 0 Å². The minimum atomic E-state index is -1.26. The lowest BCUT2D eigenvalue weighted by molar-refractivity contribution is -0.174. The SMILES string of the molecule is CCCCCCCOC(=O)C(CC)(CC)C(=O)OCc1cccc(Oc2ccccc2)c1. The zero-order chi connectivity index (χ0) is 23.2. The number of carbonyl (C=O) groups is 2. The third-order valence-electron chi connectivity index (χ3n) is 5.72. The number of esters is 2. The fourth-order valence-electron chi connectivity index (χ4n) is 3.53. The van der Waals surface area contributed by atoms with E-state index in [1.807, 2.05) is 68.4 Å². The number of rotatable bonds is 14. The molecular formula is C27H36O5. The Morgan fingerprint density at radius 1 is 0.750 bits per heavy atom. The predicted molar refractivity (Wildman–Crippen MR) is 125 cm³/mol.